The molecule has 29 heavy (non-hydrogen) atoms. The van der Waals surface area contributed by atoms with Gasteiger partial charge in [-0.25, -0.2) is 0 Å². The van der Waals surface area contributed by atoms with Crippen molar-refractivity contribution in [2.75, 3.05) is 23.9 Å². The fourth-order valence-corrected chi connectivity index (χ4v) is 3.32. The molecule has 0 aromatic heterocycles. The fraction of sp³-hybridized carbons (Fsp3) is 0.318. The Hall–Kier alpha value is -2.67. The van der Waals surface area contributed by atoms with Gasteiger partial charge in [-0.2, -0.15) is 0 Å². The molecule has 0 unspecified atom stereocenters. The van der Waals surface area contributed by atoms with Crippen molar-refractivity contribution in [2.45, 2.75) is 26.7 Å². The molecule has 7 heteroatoms. The van der Waals surface area contributed by atoms with E-state index < -0.39 is 0 Å². The Kier molecular flexibility index (Phi) is 6.69. The van der Waals surface area contributed by atoms with E-state index in [2.05, 4.69) is 21.2 Å². The number of anilines is 1. The zero-order chi connectivity index (χ0) is 21.0. The molecule has 1 N–H and O–H groups in total. The van der Waals surface area contributed by atoms with Gasteiger partial charge in [-0.3, -0.25) is 14.4 Å². The molecule has 0 saturated heterocycles. The number of carbonyl (C=O) groups is 3. The average molecular weight is 460 g/mol. The molecule has 152 valence electrons. The van der Waals surface area contributed by atoms with Gasteiger partial charge in [0.1, 0.15) is 11.5 Å². The predicted octanol–water partition coefficient (Wildman–Crippen LogP) is 4.37. The van der Waals surface area contributed by atoms with Gasteiger partial charge in [-0.15, -0.1) is 0 Å². The summed E-state index contributed by atoms with van der Waals surface area (Å²) in [5.74, 6) is -0.204. The Morgan fingerprint density at radius 2 is 1.59 bits per heavy atom. The number of hydrogen-bond donors (Lipinski definition) is 1. The molecule has 0 atom stereocenters. The summed E-state index contributed by atoms with van der Waals surface area (Å²) < 4.78 is 11.5. The molecular formula is C22H22BrNO5. The zero-order valence-corrected chi connectivity index (χ0v) is 17.9. The maximum absolute atomic E-state index is 13.4. The minimum atomic E-state index is -0.314. The summed E-state index contributed by atoms with van der Waals surface area (Å²) in [6, 6.07) is 8.12. The summed E-state index contributed by atoms with van der Waals surface area (Å²) in [6.45, 7) is 4.74. The minimum Gasteiger partial charge on any atom is -0.493 e. The first-order valence-electron chi connectivity index (χ1n) is 9.53. The lowest BCUT2D eigenvalue weighted by atomic mass is 9.82. The number of carbonyl (C=O) groups excluding carboxylic acids is 3. The number of fused-ring (bicyclic) bond motifs is 2. The number of benzene rings is 2. The molecule has 3 rings (SSSR count). The van der Waals surface area contributed by atoms with Gasteiger partial charge in [0.15, 0.2) is 5.78 Å². The molecule has 1 amide bonds. The van der Waals surface area contributed by atoms with Crippen LogP contribution in [0.25, 0.3) is 0 Å². The minimum absolute atomic E-state index is 0.114. The maximum atomic E-state index is 13.4. The first-order chi connectivity index (χ1) is 14.0. The molecule has 6 nitrogen and oxygen atoms in total. The van der Waals surface area contributed by atoms with Crippen LogP contribution < -0.4 is 14.8 Å². The molecule has 0 bridgehead atoms. The van der Waals surface area contributed by atoms with Crippen molar-refractivity contribution in [3.05, 3.63) is 52.6 Å². The lowest BCUT2D eigenvalue weighted by Crippen LogP contribution is -2.24. The Morgan fingerprint density at radius 3 is 2.24 bits per heavy atom. The number of nitrogens with one attached hydrogen (secondary N) is 1. The van der Waals surface area contributed by atoms with E-state index in [4.69, 9.17) is 9.47 Å². The quantitative estimate of drug-likeness (QED) is 0.505. The van der Waals surface area contributed by atoms with E-state index in [0.29, 0.717) is 30.2 Å². The van der Waals surface area contributed by atoms with Crippen LogP contribution in [0.3, 0.4) is 0 Å². The van der Waals surface area contributed by atoms with E-state index >= 15 is 0 Å². The van der Waals surface area contributed by atoms with Gasteiger partial charge < -0.3 is 14.8 Å². The van der Waals surface area contributed by atoms with Gasteiger partial charge >= 0.3 is 0 Å². The summed E-state index contributed by atoms with van der Waals surface area (Å²) in [6.07, 6.45) is 1.51. The summed E-state index contributed by atoms with van der Waals surface area (Å²) in [5.41, 5.74) is 1.38. The van der Waals surface area contributed by atoms with Crippen LogP contribution in [0.5, 0.6) is 11.5 Å². The molecule has 2 aromatic rings. The van der Waals surface area contributed by atoms with Gasteiger partial charge in [0.05, 0.1) is 29.7 Å². The molecule has 1 aliphatic rings. The summed E-state index contributed by atoms with van der Waals surface area (Å²) in [4.78, 5) is 38.4. The van der Waals surface area contributed by atoms with Crippen LogP contribution in [0.4, 0.5) is 5.69 Å². The van der Waals surface area contributed by atoms with Gasteiger partial charge in [0.2, 0.25) is 11.7 Å². The number of ketones is 2. The smallest absolute Gasteiger partial charge is 0.235 e. The highest BCUT2D eigenvalue weighted by Crippen LogP contribution is 2.39. The van der Waals surface area contributed by atoms with Gasteiger partial charge in [0.25, 0.3) is 0 Å². The summed E-state index contributed by atoms with van der Waals surface area (Å²) in [7, 11) is 0. The van der Waals surface area contributed by atoms with Crippen LogP contribution in [0.2, 0.25) is 0 Å². The van der Waals surface area contributed by atoms with E-state index in [-0.39, 0.29) is 45.2 Å². The molecule has 0 fully saturated rings. The van der Waals surface area contributed by atoms with E-state index in [1.165, 1.54) is 6.07 Å². The second-order valence-corrected chi connectivity index (χ2v) is 7.17. The van der Waals surface area contributed by atoms with Crippen LogP contribution in [-0.2, 0) is 4.79 Å². The lowest BCUT2D eigenvalue weighted by Gasteiger charge is -2.23. The van der Waals surface area contributed by atoms with Gasteiger partial charge in [-0.1, -0.05) is 41.9 Å². The highest BCUT2D eigenvalue weighted by Gasteiger charge is 2.35. The number of amides is 1. The van der Waals surface area contributed by atoms with Crippen molar-refractivity contribution >= 4 is 39.1 Å². The number of rotatable bonds is 8. The van der Waals surface area contributed by atoms with Crippen molar-refractivity contribution in [3.8, 4) is 11.5 Å². The van der Waals surface area contributed by atoms with E-state index in [1.54, 1.807) is 24.3 Å². The monoisotopic (exact) mass is 459 g/mol. The molecule has 0 spiro atoms. The third-order valence-electron chi connectivity index (χ3n) is 4.40. The van der Waals surface area contributed by atoms with Crippen LogP contribution in [0.1, 0.15) is 58.5 Å². The maximum Gasteiger partial charge on any atom is 0.235 e. The van der Waals surface area contributed by atoms with Crippen molar-refractivity contribution in [1.82, 2.24) is 0 Å². The van der Waals surface area contributed by atoms with E-state index in [0.717, 1.165) is 12.8 Å². The number of ether oxygens (including phenoxy) is 2. The highest BCUT2D eigenvalue weighted by atomic mass is 79.9. The number of alkyl halides is 1. The van der Waals surface area contributed by atoms with Crippen molar-refractivity contribution in [2.24, 2.45) is 0 Å². The molecule has 1 aliphatic carbocycles. The Morgan fingerprint density at radius 1 is 0.931 bits per heavy atom. The summed E-state index contributed by atoms with van der Waals surface area (Å²) in [5, 5.41) is 2.82. The number of hydrogen-bond acceptors (Lipinski definition) is 5. The van der Waals surface area contributed by atoms with Crippen LogP contribution in [0.15, 0.2) is 30.3 Å². The molecule has 0 heterocycles. The Labute approximate surface area is 177 Å². The Bertz CT molecular complexity index is 970. The average Bonchev–Trinajstić information content (AvgIpc) is 2.73. The van der Waals surface area contributed by atoms with Gasteiger partial charge in [-0.05, 0) is 25.0 Å². The highest BCUT2D eigenvalue weighted by molar-refractivity contribution is 9.09. The van der Waals surface area contributed by atoms with E-state index in [1.807, 2.05) is 13.8 Å². The standard InChI is InChI=1S/C22H22BrNO5/c1-3-8-28-16-7-5-6-14-19(16)22(27)20-15(21(14)26)10-13(24-18(25)12-23)11-17(20)29-9-4-2/h5-7,10-11H,3-4,8-9,12H2,1-2H3,(H,24,25). The second kappa shape index (κ2) is 9.22. The topological polar surface area (TPSA) is 81.7 Å². The third-order valence-corrected chi connectivity index (χ3v) is 4.91. The van der Waals surface area contributed by atoms with Crippen molar-refractivity contribution in [1.29, 1.82) is 0 Å². The molecule has 0 saturated carbocycles. The molecule has 2 aromatic carbocycles. The van der Waals surface area contributed by atoms with E-state index in [9.17, 15) is 14.4 Å². The van der Waals surface area contributed by atoms with Crippen LogP contribution in [-0.4, -0.2) is 36.0 Å². The molecule has 0 aliphatic heterocycles. The first kappa shape index (κ1) is 21.0. The van der Waals surface area contributed by atoms with Crippen LogP contribution >= 0.6 is 15.9 Å². The molecular weight excluding hydrogens is 438 g/mol. The lowest BCUT2D eigenvalue weighted by molar-refractivity contribution is -0.113. The van der Waals surface area contributed by atoms with Crippen LogP contribution in [0, 0.1) is 0 Å². The normalized spacial score (nSPS) is 12.2. The summed E-state index contributed by atoms with van der Waals surface area (Å²) >= 11 is 3.10. The number of halogens is 1. The fourth-order valence-electron chi connectivity index (χ4n) is 3.18. The predicted molar refractivity (Wildman–Crippen MR) is 114 cm³/mol. The van der Waals surface area contributed by atoms with Crippen molar-refractivity contribution < 1.29 is 23.9 Å². The van der Waals surface area contributed by atoms with Crippen molar-refractivity contribution in [3.63, 3.8) is 0 Å². The SMILES string of the molecule is CCCOc1cccc2c1C(=O)c1c(OCCC)cc(NC(=O)CBr)cc1C2=O. The largest absolute Gasteiger partial charge is 0.493 e. The Balaban J connectivity index is 2.15. The third kappa shape index (κ3) is 4.19. The first-order valence-corrected chi connectivity index (χ1v) is 10.7. The molecule has 0 radical (unpaired) electrons. The van der Waals surface area contributed by atoms with Gasteiger partial charge in [0, 0.05) is 22.9 Å². The zero-order valence-electron chi connectivity index (χ0n) is 16.3. The second-order valence-electron chi connectivity index (χ2n) is 6.61.